The highest BCUT2D eigenvalue weighted by atomic mass is 32.1. The van der Waals surface area contributed by atoms with Crippen LogP contribution in [0.3, 0.4) is 0 Å². The maximum atomic E-state index is 12.6. The molecule has 0 aliphatic carbocycles. The Hall–Kier alpha value is -2.22. The number of furan rings is 1. The van der Waals surface area contributed by atoms with E-state index in [1.54, 1.807) is 17.6 Å². The highest BCUT2D eigenvalue weighted by Gasteiger charge is 2.17. The molecule has 0 bridgehead atoms. The molecule has 4 heterocycles. The summed E-state index contributed by atoms with van der Waals surface area (Å²) in [5.74, 6) is 1.69. The Labute approximate surface area is 152 Å². The van der Waals surface area contributed by atoms with Crippen molar-refractivity contribution < 1.29 is 9.73 Å². The molecule has 0 aromatic carbocycles. The van der Waals surface area contributed by atoms with Crippen LogP contribution in [-0.2, 0) is 6.42 Å². The van der Waals surface area contributed by atoms with Gasteiger partial charge < -0.3 is 14.7 Å². The van der Waals surface area contributed by atoms with Crippen molar-refractivity contribution in [2.45, 2.75) is 19.4 Å². The second-order valence-electron chi connectivity index (χ2n) is 5.90. The summed E-state index contributed by atoms with van der Waals surface area (Å²) in [6.07, 6.45) is 2.54. The van der Waals surface area contributed by atoms with Crippen LogP contribution in [0.1, 0.15) is 24.6 Å². The van der Waals surface area contributed by atoms with Crippen LogP contribution in [-0.4, -0.2) is 16.5 Å². The third-order valence-electron chi connectivity index (χ3n) is 4.17. The zero-order valence-electron chi connectivity index (χ0n) is 13.7. The minimum Gasteiger partial charge on any atom is -0.469 e. The molecule has 0 aliphatic heterocycles. The lowest BCUT2D eigenvalue weighted by atomic mass is 10.2. The third-order valence-corrected chi connectivity index (χ3v) is 5.95. The van der Waals surface area contributed by atoms with E-state index in [-0.39, 0.29) is 11.6 Å². The first-order valence-corrected chi connectivity index (χ1v) is 9.89. The number of thiophene rings is 2. The van der Waals surface area contributed by atoms with Crippen molar-refractivity contribution in [3.8, 4) is 10.4 Å². The molecule has 25 heavy (non-hydrogen) atoms. The minimum absolute atomic E-state index is 0.0593. The second kappa shape index (κ2) is 6.95. The fourth-order valence-corrected chi connectivity index (χ4v) is 4.61. The van der Waals surface area contributed by atoms with E-state index in [1.807, 2.05) is 35.0 Å². The summed E-state index contributed by atoms with van der Waals surface area (Å²) < 4.78 is 5.35. The van der Waals surface area contributed by atoms with Crippen molar-refractivity contribution in [3.63, 3.8) is 0 Å². The molecule has 0 unspecified atom stereocenters. The van der Waals surface area contributed by atoms with Crippen LogP contribution in [0, 0.1) is 0 Å². The number of fused-ring (bicyclic) bond motifs is 1. The lowest BCUT2D eigenvalue weighted by molar-refractivity contribution is -0.693. The van der Waals surface area contributed by atoms with Crippen molar-refractivity contribution in [1.29, 1.82) is 0 Å². The maximum absolute atomic E-state index is 12.6. The van der Waals surface area contributed by atoms with Gasteiger partial charge in [0.25, 0.3) is 5.56 Å². The summed E-state index contributed by atoms with van der Waals surface area (Å²) in [5, 5.41) is 6.90. The molecule has 3 N–H and O–H groups in total. The quantitative estimate of drug-likeness (QED) is 0.546. The van der Waals surface area contributed by atoms with Gasteiger partial charge in [0.1, 0.15) is 16.6 Å². The van der Waals surface area contributed by atoms with Gasteiger partial charge in [-0.25, -0.2) is 4.98 Å². The molecular weight excluding hydrogens is 354 g/mol. The minimum atomic E-state index is -0.0593. The van der Waals surface area contributed by atoms with Crippen LogP contribution in [0.2, 0.25) is 0 Å². The number of nitrogens with one attached hydrogen (secondary N) is 1. The Morgan fingerprint density at radius 2 is 2.24 bits per heavy atom. The molecule has 1 atom stereocenters. The molecule has 0 saturated heterocycles. The normalized spacial score (nSPS) is 12.7. The third kappa shape index (κ3) is 3.30. The van der Waals surface area contributed by atoms with Crippen molar-refractivity contribution in [2.75, 3.05) is 6.54 Å². The van der Waals surface area contributed by atoms with Crippen molar-refractivity contribution in [1.82, 2.24) is 9.97 Å². The number of nitrogens with two attached hydrogens (primary N) is 1. The van der Waals surface area contributed by atoms with Gasteiger partial charge in [-0.2, -0.15) is 0 Å². The molecular formula is C18H18N3O2S2+. The van der Waals surface area contributed by atoms with Gasteiger partial charge in [0, 0.05) is 15.8 Å². The van der Waals surface area contributed by atoms with Gasteiger partial charge in [-0.15, -0.1) is 22.7 Å². The van der Waals surface area contributed by atoms with Crippen molar-refractivity contribution >= 4 is 32.9 Å². The largest absolute Gasteiger partial charge is 0.469 e. The van der Waals surface area contributed by atoms with Gasteiger partial charge in [-0.3, -0.25) is 4.79 Å². The molecule has 0 amide bonds. The summed E-state index contributed by atoms with van der Waals surface area (Å²) >= 11 is 3.16. The number of aromatic amines is 1. The fraction of sp³-hybridized carbons (Fsp3) is 0.222. The lowest BCUT2D eigenvalue weighted by Crippen LogP contribution is -2.85. The Morgan fingerprint density at radius 1 is 1.32 bits per heavy atom. The standard InChI is InChI=1S/C18H17N3O2S2/c1-11(19-7-6-12-4-2-8-23-12)16-20-17(22)15-13(10-25-18(15)21-16)14-5-3-9-24-14/h2-5,8-11,19H,6-7H2,1H3,(H,20,21,22)/p+1/t11-/m1/s1. The van der Waals surface area contributed by atoms with Gasteiger partial charge in [0.15, 0.2) is 5.82 Å². The Morgan fingerprint density at radius 3 is 3.00 bits per heavy atom. The van der Waals surface area contributed by atoms with Crippen molar-refractivity contribution in [3.05, 3.63) is 63.2 Å². The van der Waals surface area contributed by atoms with Gasteiger partial charge in [0.2, 0.25) is 0 Å². The number of hydrogen-bond acceptors (Lipinski definition) is 5. The van der Waals surface area contributed by atoms with Crippen LogP contribution in [0.15, 0.2) is 50.5 Å². The number of nitrogens with zero attached hydrogens (tertiary/aromatic N) is 1. The summed E-state index contributed by atoms with van der Waals surface area (Å²) in [7, 11) is 0. The number of rotatable bonds is 6. The first-order chi connectivity index (χ1) is 12.2. The molecule has 5 nitrogen and oxygen atoms in total. The SMILES string of the molecule is C[C@@H]([NH2+]CCc1ccco1)c1nc2scc(-c3cccs3)c2c(=O)[nH]1. The molecule has 0 aliphatic rings. The summed E-state index contributed by atoms with van der Waals surface area (Å²) in [4.78, 5) is 22.2. The first-order valence-electron chi connectivity index (χ1n) is 8.13. The van der Waals surface area contributed by atoms with Gasteiger partial charge in [-0.05, 0) is 30.5 Å². The monoisotopic (exact) mass is 372 g/mol. The van der Waals surface area contributed by atoms with E-state index < -0.39 is 0 Å². The van der Waals surface area contributed by atoms with E-state index in [0.717, 1.165) is 39.8 Å². The van der Waals surface area contributed by atoms with E-state index in [2.05, 4.69) is 17.2 Å². The second-order valence-corrected chi connectivity index (χ2v) is 7.71. The summed E-state index contributed by atoms with van der Waals surface area (Å²) in [6, 6.07) is 7.98. The average Bonchev–Trinajstić information content (AvgIpc) is 3.35. The Kier molecular flexibility index (Phi) is 4.52. The zero-order valence-corrected chi connectivity index (χ0v) is 15.3. The molecule has 0 fully saturated rings. The van der Waals surface area contributed by atoms with Gasteiger partial charge in [0.05, 0.1) is 24.6 Å². The lowest BCUT2D eigenvalue weighted by Gasteiger charge is -2.09. The Balaban J connectivity index is 1.55. The molecule has 0 spiro atoms. The highest BCUT2D eigenvalue weighted by Crippen LogP contribution is 2.33. The van der Waals surface area contributed by atoms with Crippen LogP contribution in [0.25, 0.3) is 20.7 Å². The van der Waals surface area contributed by atoms with Crippen LogP contribution in [0.4, 0.5) is 0 Å². The van der Waals surface area contributed by atoms with E-state index in [0.29, 0.717) is 5.39 Å². The van der Waals surface area contributed by atoms with Crippen molar-refractivity contribution in [2.24, 2.45) is 0 Å². The van der Waals surface area contributed by atoms with Crippen LogP contribution >= 0.6 is 22.7 Å². The Bertz CT molecular complexity index is 1020. The molecule has 128 valence electrons. The molecule has 4 aromatic heterocycles. The highest BCUT2D eigenvalue weighted by molar-refractivity contribution is 7.18. The number of hydrogen-bond donors (Lipinski definition) is 2. The number of H-pyrrole nitrogens is 1. The van der Waals surface area contributed by atoms with Crippen LogP contribution in [0.5, 0.6) is 0 Å². The average molecular weight is 372 g/mol. The van der Waals surface area contributed by atoms with E-state index in [1.165, 1.54) is 11.3 Å². The number of aromatic nitrogens is 2. The summed E-state index contributed by atoms with van der Waals surface area (Å²) in [6.45, 7) is 2.93. The maximum Gasteiger partial charge on any atom is 0.260 e. The molecule has 4 rings (SSSR count). The van der Waals surface area contributed by atoms with Gasteiger partial charge in [-0.1, -0.05) is 6.07 Å². The van der Waals surface area contributed by atoms with E-state index >= 15 is 0 Å². The smallest absolute Gasteiger partial charge is 0.260 e. The summed E-state index contributed by atoms with van der Waals surface area (Å²) in [5.41, 5.74) is 0.917. The van der Waals surface area contributed by atoms with Crippen LogP contribution < -0.4 is 10.9 Å². The first kappa shape index (κ1) is 16.3. The number of quaternary nitrogens is 1. The predicted molar refractivity (Wildman–Crippen MR) is 101 cm³/mol. The molecule has 4 aromatic rings. The fourth-order valence-electron chi connectivity index (χ4n) is 2.84. The molecule has 0 radical (unpaired) electrons. The van der Waals surface area contributed by atoms with E-state index in [9.17, 15) is 4.79 Å². The van der Waals surface area contributed by atoms with E-state index in [4.69, 9.17) is 9.40 Å². The van der Waals surface area contributed by atoms with Gasteiger partial charge >= 0.3 is 0 Å². The predicted octanol–water partition coefficient (Wildman–Crippen LogP) is 3.17. The molecule has 7 heteroatoms. The topological polar surface area (TPSA) is 75.5 Å². The molecule has 0 saturated carbocycles. The zero-order chi connectivity index (χ0) is 17.2.